The Bertz CT molecular complexity index is 890. The van der Waals surface area contributed by atoms with Crippen LogP contribution in [0.15, 0.2) is 65.9 Å². The monoisotopic (exact) mass is 382 g/mol. The van der Waals surface area contributed by atoms with Crippen molar-refractivity contribution in [2.24, 2.45) is 4.99 Å². The molecule has 0 fully saturated rings. The Hall–Kier alpha value is -2.86. The van der Waals surface area contributed by atoms with Gasteiger partial charge < -0.3 is 10.2 Å². The van der Waals surface area contributed by atoms with E-state index in [-0.39, 0.29) is 0 Å². The summed E-state index contributed by atoms with van der Waals surface area (Å²) in [4.78, 5) is 6.78. The summed E-state index contributed by atoms with van der Waals surface area (Å²) in [5.41, 5.74) is 2.07. The first-order valence-electron chi connectivity index (χ1n) is 8.86. The van der Waals surface area contributed by atoms with E-state index in [0.717, 1.165) is 34.6 Å². The van der Waals surface area contributed by atoms with Gasteiger partial charge in [-0.25, -0.2) is 4.99 Å². The van der Waals surface area contributed by atoms with Crippen molar-refractivity contribution < 1.29 is 0 Å². The molecule has 0 bridgehead atoms. The number of aliphatic imine (C=N–C) groups is 1. The molecule has 0 aliphatic carbocycles. The Morgan fingerprint density at radius 2 is 1.89 bits per heavy atom. The molecule has 6 nitrogen and oxygen atoms in total. The second kappa shape index (κ2) is 9.19. The standard InChI is InChI=1S/C20H23ClN6/c1-3-22-20(26(2)14-16-9-7-8-12-18(16)21)23-13-19-25-24-15-27(19)17-10-5-4-6-11-17/h4-12,15H,3,13-14H2,1-2H3,(H,22,23). The molecule has 1 heterocycles. The second-order valence-electron chi connectivity index (χ2n) is 6.07. The lowest BCUT2D eigenvalue weighted by Gasteiger charge is -2.22. The predicted molar refractivity (Wildman–Crippen MR) is 109 cm³/mol. The Kier molecular flexibility index (Phi) is 6.44. The minimum atomic E-state index is 0.421. The Morgan fingerprint density at radius 1 is 1.15 bits per heavy atom. The molecule has 3 rings (SSSR count). The van der Waals surface area contributed by atoms with Gasteiger partial charge in [-0.3, -0.25) is 4.57 Å². The minimum absolute atomic E-state index is 0.421. The maximum Gasteiger partial charge on any atom is 0.194 e. The highest BCUT2D eigenvalue weighted by atomic mass is 35.5. The van der Waals surface area contributed by atoms with Gasteiger partial charge in [0.1, 0.15) is 12.9 Å². The van der Waals surface area contributed by atoms with Crippen molar-refractivity contribution in [3.8, 4) is 5.69 Å². The highest BCUT2D eigenvalue weighted by Crippen LogP contribution is 2.16. The first-order chi connectivity index (χ1) is 13.2. The number of halogens is 1. The fourth-order valence-corrected chi connectivity index (χ4v) is 2.94. The summed E-state index contributed by atoms with van der Waals surface area (Å²) in [5, 5.41) is 12.3. The van der Waals surface area contributed by atoms with Crippen molar-refractivity contribution >= 4 is 17.6 Å². The molecule has 0 unspecified atom stereocenters. The van der Waals surface area contributed by atoms with Crippen LogP contribution in [0, 0.1) is 0 Å². The Morgan fingerprint density at radius 3 is 2.63 bits per heavy atom. The third-order valence-electron chi connectivity index (χ3n) is 4.08. The van der Waals surface area contributed by atoms with E-state index < -0.39 is 0 Å². The smallest absolute Gasteiger partial charge is 0.194 e. The summed E-state index contributed by atoms with van der Waals surface area (Å²) in [6.07, 6.45) is 1.71. The van der Waals surface area contributed by atoms with Gasteiger partial charge in [-0.1, -0.05) is 48.0 Å². The summed E-state index contributed by atoms with van der Waals surface area (Å²) in [7, 11) is 1.99. The van der Waals surface area contributed by atoms with Crippen molar-refractivity contribution in [2.45, 2.75) is 20.0 Å². The van der Waals surface area contributed by atoms with Gasteiger partial charge in [0, 0.05) is 30.8 Å². The van der Waals surface area contributed by atoms with Crippen molar-refractivity contribution in [2.75, 3.05) is 13.6 Å². The molecule has 2 aromatic carbocycles. The summed E-state index contributed by atoms with van der Waals surface area (Å²) >= 11 is 6.29. The zero-order valence-corrected chi connectivity index (χ0v) is 16.3. The van der Waals surface area contributed by atoms with Crippen molar-refractivity contribution in [3.05, 3.63) is 77.3 Å². The topological polar surface area (TPSA) is 58.3 Å². The number of hydrogen-bond donors (Lipinski definition) is 1. The summed E-state index contributed by atoms with van der Waals surface area (Å²) in [6, 6.07) is 17.8. The molecule has 0 spiro atoms. The van der Waals surface area contributed by atoms with Gasteiger partial charge in [0.2, 0.25) is 0 Å². The van der Waals surface area contributed by atoms with Crippen LogP contribution in [0.25, 0.3) is 5.69 Å². The van der Waals surface area contributed by atoms with Crippen molar-refractivity contribution in [1.29, 1.82) is 0 Å². The zero-order valence-electron chi connectivity index (χ0n) is 15.5. The highest BCUT2D eigenvalue weighted by molar-refractivity contribution is 6.31. The molecule has 0 radical (unpaired) electrons. The number of benzene rings is 2. The molecule has 0 atom stereocenters. The number of hydrogen-bond acceptors (Lipinski definition) is 3. The average molecular weight is 383 g/mol. The number of nitrogens with zero attached hydrogens (tertiary/aromatic N) is 5. The van der Waals surface area contributed by atoms with Crippen LogP contribution in [-0.2, 0) is 13.1 Å². The van der Waals surface area contributed by atoms with Crippen molar-refractivity contribution in [1.82, 2.24) is 25.0 Å². The lowest BCUT2D eigenvalue weighted by molar-refractivity contribution is 0.476. The minimum Gasteiger partial charge on any atom is -0.357 e. The third kappa shape index (κ3) is 4.86. The average Bonchev–Trinajstić information content (AvgIpc) is 3.16. The van der Waals surface area contributed by atoms with Gasteiger partial charge in [-0.2, -0.15) is 0 Å². The number of rotatable bonds is 6. The van der Waals surface area contributed by atoms with Gasteiger partial charge >= 0.3 is 0 Å². The van der Waals surface area contributed by atoms with Crippen LogP contribution < -0.4 is 5.32 Å². The molecule has 3 aromatic rings. The van der Waals surface area contributed by atoms with Gasteiger partial charge in [0.05, 0.1) is 0 Å². The number of aromatic nitrogens is 3. The van der Waals surface area contributed by atoms with Gasteiger partial charge in [-0.05, 0) is 30.7 Å². The molecule has 1 N–H and O–H groups in total. The van der Waals surface area contributed by atoms with E-state index in [1.807, 2.05) is 78.0 Å². The molecule has 0 aliphatic heterocycles. The maximum atomic E-state index is 6.29. The molecule has 140 valence electrons. The quantitative estimate of drug-likeness (QED) is 0.523. The van der Waals surface area contributed by atoms with Crippen LogP contribution in [0.5, 0.6) is 0 Å². The van der Waals surface area contributed by atoms with Crippen molar-refractivity contribution in [3.63, 3.8) is 0 Å². The molecule has 0 saturated carbocycles. The van der Waals surface area contributed by atoms with Crippen LogP contribution in [0.2, 0.25) is 5.02 Å². The number of nitrogens with one attached hydrogen (secondary N) is 1. The lowest BCUT2D eigenvalue weighted by atomic mass is 10.2. The van der Waals surface area contributed by atoms with E-state index in [9.17, 15) is 0 Å². The normalized spacial score (nSPS) is 11.4. The molecular weight excluding hydrogens is 360 g/mol. The molecule has 27 heavy (non-hydrogen) atoms. The summed E-state index contributed by atoms with van der Waals surface area (Å²) in [5.74, 6) is 1.57. The number of guanidine groups is 1. The zero-order chi connectivity index (χ0) is 19.1. The van der Waals surface area contributed by atoms with Gasteiger partial charge in [0.25, 0.3) is 0 Å². The van der Waals surface area contributed by atoms with E-state index in [1.165, 1.54) is 0 Å². The van der Waals surface area contributed by atoms with E-state index in [1.54, 1.807) is 6.33 Å². The second-order valence-corrected chi connectivity index (χ2v) is 6.48. The van der Waals surface area contributed by atoms with Crippen LogP contribution in [0.1, 0.15) is 18.3 Å². The largest absolute Gasteiger partial charge is 0.357 e. The molecule has 0 amide bonds. The Balaban J connectivity index is 1.77. The fraction of sp³-hybridized carbons (Fsp3) is 0.250. The molecule has 0 saturated heterocycles. The summed E-state index contributed by atoms with van der Waals surface area (Å²) in [6.45, 7) is 3.91. The molecule has 7 heteroatoms. The van der Waals surface area contributed by atoms with E-state index >= 15 is 0 Å². The SMILES string of the molecule is CCNC(=NCc1nncn1-c1ccccc1)N(C)Cc1ccccc1Cl. The van der Waals surface area contributed by atoms with Crippen LogP contribution in [0.4, 0.5) is 0 Å². The lowest BCUT2D eigenvalue weighted by Crippen LogP contribution is -2.38. The van der Waals surface area contributed by atoms with Crippen LogP contribution >= 0.6 is 11.6 Å². The maximum absolute atomic E-state index is 6.29. The molecular formula is C20H23ClN6. The highest BCUT2D eigenvalue weighted by Gasteiger charge is 2.10. The number of para-hydroxylation sites is 1. The van der Waals surface area contributed by atoms with E-state index in [0.29, 0.717) is 13.1 Å². The van der Waals surface area contributed by atoms with Gasteiger partial charge in [0.15, 0.2) is 11.8 Å². The first kappa shape index (κ1) is 18.9. The molecule has 1 aromatic heterocycles. The first-order valence-corrected chi connectivity index (χ1v) is 9.24. The summed E-state index contributed by atoms with van der Waals surface area (Å²) < 4.78 is 1.95. The fourth-order valence-electron chi connectivity index (χ4n) is 2.74. The van der Waals surface area contributed by atoms with Crippen LogP contribution in [-0.4, -0.2) is 39.2 Å². The van der Waals surface area contributed by atoms with E-state index in [2.05, 4.69) is 15.5 Å². The van der Waals surface area contributed by atoms with E-state index in [4.69, 9.17) is 16.6 Å². The third-order valence-corrected chi connectivity index (χ3v) is 4.45. The van der Waals surface area contributed by atoms with Gasteiger partial charge in [-0.15, -0.1) is 10.2 Å². The predicted octanol–water partition coefficient (Wildman–Crippen LogP) is 3.52. The molecule has 0 aliphatic rings. The Labute approximate surface area is 164 Å². The van der Waals surface area contributed by atoms with Crippen LogP contribution in [0.3, 0.4) is 0 Å².